The fourth-order valence-electron chi connectivity index (χ4n) is 3.03. The summed E-state index contributed by atoms with van der Waals surface area (Å²) < 4.78 is 11.6. The highest BCUT2D eigenvalue weighted by Crippen LogP contribution is 2.43. The third-order valence-electron chi connectivity index (χ3n) is 4.48. The summed E-state index contributed by atoms with van der Waals surface area (Å²) >= 11 is 0. The van der Waals surface area contributed by atoms with Gasteiger partial charge in [0.15, 0.2) is 0 Å². The molecule has 0 saturated carbocycles. The van der Waals surface area contributed by atoms with Gasteiger partial charge in [-0.3, -0.25) is 10.1 Å². The van der Waals surface area contributed by atoms with Crippen LogP contribution in [-0.2, 0) is 24.8 Å². The van der Waals surface area contributed by atoms with Crippen molar-refractivity contribution < 1.29 is 44.0 Å². The number of rotatable bonds is 9. The zero-order chi connectivity index (χ0) is 23.7. The second kappa shape index (κ2) is 8.42. The quantitative estimate of drug-likeness (QED) is 0.411. The van der Waals surface area contributed by atoms with Crippen molar-refractivity contribution in [3.8, 4) is 17.5 Å². The maximum atomic E-state index is 12.2. The number of aromatic hydroxyl groups is 2. The number of carbonyl (C=O) groups excluding carboxylic acids is 2. The number of cyclic esters (lactones) is 1. The van der Waals surface area contributed by atoms with E-state index in [0.717, 1.165) is 12.1 Å². The Morgan fingerprint density at radius 2 is 1.75 bits per heavy atom. The highest BCUT2D eigenvalue weighted by Gasteiger charge is 2.63. The number of aliphatic carboxylic acids is 1. The minimum absolute atomic E-state index is 0.266. The van der Waals surface area contributed by atoms with Crippen molar-refractivity contribution in [2.24, 2.45) is 0 Å². The van der Waals surface area contributed by atoms with E-state index >= 15 is 0 Å². The van der Waals surface area contributed by atoms with E-state index in [-0.39, 0.29) is 6.42 Å². The Bertz CT molecular complexity index is 1020. The Hall–Kier alpha value is -3.73. The number of carbonyl (C=O) groups is 3. The Labute approximate surface area is 183 Å². The summed E-state index contributed by atoms with van der Waals surface area (Å²) in [7, 11) is 0. The molecular weight excluding hydrogens is 424 g/mol. The van der Waals surface area contributed by atoms with E-state index < -0.39 is 53.5 Å². The normalized spacial score (nSPS) is 18.5. The first-order chi connectivity index (χ1) is 14.9. The number of carboxylic acid groups (broad SMARTS) is 1. The van der Waals surface area contributed by atoms with Crippen LogP contribution in [0.3, 0.4) is 0 Å². The summed E-state index contributed by atoms with van der Waals surface area (Å²) in [6.45, 7) is 5.47. The molecule has 1 aromatic heterocycles. The summed E-state index contributed by atoms with van der Waals surface area (Å²) in [5, 5.41) is 31.3. The molecule has 32 heavy (non-hydrogen) atoms. The molecule has 11 heteroatoms. The maximum absolute atomic E-state index is 12.2. The lowest BCUT2D eigenvalue weighted by atomic mass is 10.0. The first-order valence-corrected chi connectivity index (χ1v) is 9.76. The zero-order valence-electron chi connectivity index (χ0n) is 17.7. The molecule has 1 aliphatic heterocycles. The van der Waals surface area contributed by atoms with Crippen molar-refractivity contribution in [3.63, 3.8) is 0 Å². The Morgan fingerprint density at radius 1 is 1.16 bits per heavy atom. The van der Waals surface area contributed by atoms with Crippen molar-refractivity contribution in [2.75, 3.05) is 0 Å². The molecule has 2 heterocycles. The second-order valence-electron chi connectivity index (χ2n) is 8.16. The van der Waals surface area contributed by atoms with Crippen LogP contribution in [-0.4, -0.2) is 49.6 Å². The van der Waals surface area contributed by atoms with Crippen LogP contribution in [0, 0.1) is 0 Å². The number of aromatic nitrogens is 1. The van der Waals surface area contributed by atoms with Gasteiger partial charge in [-0.15, -0.1) is 4.73 Å². The first kappa shape index (κ1) is 22.9. The summed E-state index contributed by atoms with van der Waals surface area (Å²) in [5.74, 6) is -3.57. The number of para-hydroxylation sites is 1. The predicted octanol–water partition coefficient (Wildman–Crippen LogP) is 1.26. The summed E-state index contributed by atoms with van der Waals surface area (Å²) in [6.07, 6.45) is -0.664. The minimum atomic E-state index is -1.72. The number of carboxylic acids is 1. The lowest BCUT2D eigenvalue weighted by Crippen LogP contribution is -2.45. The van der Waals surface area contributed by atoms with E-state index in [0.29, 0.717) is 16.0 Å². The van der Waals surface area contributed by atoms with Crippen molar-refractivity contribution in [2.45, 2.75) is 51.0 Å². The van der Waals surface area contributed by atoms with Crippen LogP contribution in [0.25, 0.3) is 0 Å². The third-order valence-corrected chi connectivity index (χ3v) is 4.48. The number of ether oxygens (including phenoxy) is 2. The lowest BCUT2D eigenvalue weighted by molar-refractivity contribution is -0.146. The number of nitrogens with zero attached hydrogens (tertiary/aromatic N) is 1. The van der Waals surface area contributed by atoms with Gasteiger partial charge in [0.25, 0.3) is 5.72 Å². The van der Waals surface area contributed by atoms with Gasteiger partial charge in [-0.1, -0.05) is 12.1 Å². The molecule has 2 atom stereocenters. The van der Waals surface area contributed by atoms with Crippen LogP contribution in [0.4, 0.5) is 0 Å². The molecule has 0 bridgehead atoms. The van der Waals surface area contributed by atoms with Gasteiger partial charge in [0.05, 0.1) is 12.0 Å². The van der Waals surface area contributed by atoms with Gasteiger partial charge in [0.2, 0.25) is 11.8 Å². The van der Waals surface area contributed by atoms with Crippen LogP contribution in [0.5, 0.6) is 17.5 Å². The number of hydrogen-bond donors (Lipinski definition) is 4. The largest absolute Gasteiger partial charge is 0.492 e. The fourth-order valence-corrected chi connectivity index (χ4v) is 3.03. The van der Waals surface area contributed by atoms with Crippen molar-refractivity contribution >= 4 is 17.9 Å². The highest BCUT2D eigenvalue weighted by atomic mass is 16.7. The Morgan fingerprint density at radius 3 is 2.28 bits per heavy atom. The van der Waals surface area contributed by atoms with Gasteiger partial charge in [-0.2, -0.15) is 0 Å². The van der Waals surface area contributed by atoms with E-state index in [1.165, 1.54) is 0 Å². The molecule has 1 fully saturated rings. The topological polar surface area (TPSA) is 160 Å². The van der Waals surface area contributed by atoms with Crippen LogP contribution in [0.2, 0.25) is 0 Å². The molecule has 2 aromatic rings. The average Bonchev–Trinajstić information content (AvgIpc) is 3.25. The molecular formula is C21H24N2O9. The second-order valence-corrected chi connectivity index (χ2v) is 8.16. The Balaban J connectivity index is 1.73. The highest BCUT2D eigenvalue weighted by molar-refractivity contribution is 5.95. The fraction of sp³-hybridized carbons (Fsp3) is 0.381. The summed E-state index contributed by atoms with van der Waals surface area (Å²) in [5.41, 5.74) is -1.98. The molecule has 1 aliphatic rings. The van der Waals surface area contributed by atoms with Crippen molar-refractivity contribution in [3.05, 3.63) is 42.0 Å². The SMILES string of the molecule is CC(C)(C)Oc1ccccc1C1(N[C@H](CCC(=O)On2c(O)ccc2O)C(=O)O)OC1=O. The molecule has 3 rings (SSSR count). The van der Waals surface area contributed by atoms with E-state index in [1.54, 1.807) is 24.3 Å². The summed E-state index contributed by atoms with van der Waals surface area (Å²) in [6, 6.07) is 7.46. The Kier molecular flexibility index (Phi) is 6.04. The number of hydrogen-bond acceptors (Lipinski definition) is 9. The molecule has 172 valence electrons. The molecule has 1 unspecified atom stereocenters. The third kappa shape index (κ3) is 4.94. The van der Waals surface area contributed by atoms with Crippen molar-refractivity contribution in [1.29, 1.82) is 0 Å². The first-order valence-electron chi connectivity index (χ1n) is 9.76. The van der Waals surface area contributed by atoms with Gasteiger partial charge in [0.1, 0.15) is 17.4 Å². The maximum Gasteiger partial charge on any atom is 0.374 e. The molecule has 1 aromatic carbocycles. The van der Waals surface area contributed by atoms with Crippen LogP contribution >= 0.6 is 0 Å². The number of nitrogens with one attached hydrogen (secondary N) is 1. The van der Waals surface area contributed by atoms with Gasteiger partial charge >= 0.3 is 17.9 Å². The molecule has 1 saturated heterocycles. The van der Waals surface area contributed by atoms with Crippen LogP contribution < -0.4 is 14.9 Å². The van der Waals surface area contributed by atoms with Crippen molar-refractivity contribution in [1.82, 2.24) is 10.0 Å². The lowest BCUT2D eigenvalue weighted by Gasteiger charge is -2.25. The molecule has 4 N–H and O–H groups in total. The van der Waals surface area contributed by atoms with E-state index in [4.69, 9.17) is 14.3 Å². The monoisotopic (exact) mass is 448 g/mol. The van der Waals surface area contributed by atoms with Gasteiger partial charge < -0.3 is 29.6 Å². The minimum Gasteiger partial charge on any atom is -0.492 e. The molecule has 11 nitrogen and oxygen atoms in total. The molecule has 0 radical (unpaired) electrons. The van der Waals surface area contributed by atoms with Crippen LogP contribution in [0.15, 0.2) is 36.4 Å². The predicted molar refractivity (Wildman–Crippen MR) is 108 cm³/mol. The van der Waals surface area contributed by atoms with E-state index in [2.05, 4.69) is 5.32 Å². The standard InChI is InChI=1S/C21H24N2O9/c1-20(2,3)30-14-7-5-4-6-12(14)21(19(29)31-21)22-13(18(27)28)8-11-17(26)32-23-15(24)9-10-16(23)25/h4-7,9-10,13,22,24-25H,8,11H2,1-3H3,(H,27,28)/t13-,21?/m1/s1. The van der Waals surface area contributed by atoms with Crippen LogP contribution in [0.1, 0.15) is 39.2 Å². The van der Waals surface area contributed by atoms with Gasteiger partial charge in [0, 0.05) is 12.1 Å². The number of epoxide rings is 1. The average molecular weight is 448 g/mol. The van der Waals surface area contributed by atoms with E-state index in [1.807, 2.05) is 20.8 Å². The molecule has 0 amide bonds. The summed E-state index contributed by atoms with van der Waals surface area (Å²) in [4.78, 5) is 40.9. The van der Waals surface area contributed by atoms with E-state index in [9.17, 15) is 29.7 Å². The smallest absolute Gasteiger partial charge is 0.374 e. The molecule has 0 spiro atoms. The van der Waals surface area contributed by atoms with Gasteiger partial charge in [-0.05, 0) is 39.3 Å². The van der Waals surface area contributed by atoms with Gasteiger partial charge in [-0.25, -0.2) is 9.59 Å². The molecule has 0 aliphatic carbocycles. The zero-order valence-corrected chi connectivity index (χ0v) is 17.7. The number of benzene rings is 1.